The summed E-state index contributed by atoms with van der Waals surface area (Å²) in [7, 11) is 1.46. The molecule has 0 aliphatic rings. The Hall–Kier alpha value is -4.60. The van der Waals surface area contributed by atoms with Crippen LogP contribution < -0.4 is 25.5 Å². The summed E-state index contributed by atoms with van der Waals surface area (Å²) in [4.78, 5) is 35.6. The SMILES string of the molecule is COc1cc(/C=N\NC(=O)C(=O)NCc2ccco2)ccc1OCC(=O)NCc1ccccc1. The lowest BCUT2D eigenvalue weighted by Crippen LogP contribution is -2.37. The molecular formula is C24H24N4O6. The van der Waals surface area contributed by atoms with E-state index in [1.165, 1.54) is 19.6 Å². The third-order valence-electron chi connectivity index (χ3n) is 4.47. The van der Waals surface area contributed by atoms with Gasteiger partial charge in [0.05, 0.1) is 26.1 Å². The molecule has 2 aromatic carbocycles. The van der Waals surface area contributed by atoms with Gasteiger partial charge in [0.1, 0.15) is 5.76 Å². The number of hydrazone groups is 1. The van der Waals surface area contributed by atoms with Crippen LogP contribution >= 0.6 is 0 Å². The Labute approximate surface area is 195 Å². The molecule has 1 aromatic heterocycles. The first-order valence-corrected chi connectivity index (χ1v) is 10.3. The van der Waals surface area contributed by atoms with E-state index in [2.05, 4.69) is 21.2 Å². The number of carbonyl (C=O) groups is 3. The molecule has 0 aliphatic carbocycles. The van der Waals surface area contributed by atoms with Crippen molar-refractivity contribution in [2.24, 2.45) is 5.10 Å². The summed E-state index contributed by atoms with van der Waals surface area (Å²) in [5.74, 6) is -0.771. The van der Waals surface area contributed by atoms with E-state index in [1.807, 2.05) is 30.3 Å². The third kappa shape index (κ3) is 7.52. The van der Waals surface area contributed by atoms with Crippen LogP contribution in [0.4, 0.5) is 0 Å². The zero-order valence-corrected chi connectivity index (χ0v) is 18.4. The third-order valence-corrected chi connectivity index (χ3v) is 4.47. The minimum atomic E-state index is -0.920. The van der Waals surface area contributed by atoms with Crippen LogP contribution in [0.5, 0.6) is 11.5 Å². The number of hydrogen-bond donors (Lipinski definition) is 3. The Bertz CT molecular complexity index is 1130. The lowest BCUT2D eigenvalue weighted by atomic mass is 10.2. The molecule has 0 atom stereocenters. The number of furan rings is 1. The molecule has 176 valence electrons. The Morgan fingerprint density at radius 2 is 1.76 bits per heavy atom. The molecule has 34 heavy (non-hydrogen) atoms. The smallest absolute Gasteiger partial charge is 0.329 e. The quantitative estimate of drug-likeness (QED) is 0.238. The molecule has 0 saturated heterocycles. The maximum atomic E-state index is 12.1. The highest BCUT2D eigenvalue weighted by atomic mass is 16.5. The van der Waals surface area contributed by atoms with Gasteiger partial charge in [0.2, 0.25) is 0 Å². The molecule has 0 aliphatic heterocycles. The Morgan fingerprint density at radius 1 is 0.941 bits per heavy atom. The summed E-state index contributed by atoms with van der Waals surface area (Å²) in [6, 6.07) is 17.8. The van der Waals surface area contributed by atoms with Gasteiger partial charge >= 0.3 is 11.8 Å². The molecule has 3 amide bonds. The summed E-state index contributed by atoms with van der Waals surface area (Å²) < 4.78 is 15.9. The van der Waals surface area contributed by atoms with E-state index in [4.69, 9.17) is 13.9 Å². The average Bonchev–Trinajstić information content (AvgIpc) is 3.39. The number of ether oxygens (including phenoxy) is 2. The fourth-order valence-electron chi connectivity index (χ4n) is 2.75. The first kappa shape index (κ1) is 24.1. The van der Waals surface area contributed by atoms with Crippen LogP contribution in [-0.2, 0) is 27.5 Å². The van der Waals surface area contributed by atoms with Gasteiger partial charge in [-0.15, -0.1) is 0 Å². The summed E-state index contributed by atoms with van der Waals surface area (Å²) in [6.07, 6.45) is 2.81. The van der Waals surface area contributed by atoms with Crippen molar-refractivity contribution >= 4 is 23.9 Å². The molecular weight excluding hydrogens is 440 g/mol. The molecule has 0 unspecified atom stereocenters. The van der Waals surface area contributed by atoms with E-state index in [9.17, 15) is 14.4 Å². The van der Waals surface area contributed by atoms with Crippen LogP contribution in [0.1, 0.15) is 16.9 Å². The topological polar surface area (TPSA) is 131 Å². The average molecular weight is 464 g/mol. The van der Waals surface area contributed by atoms with E-state index in [0.717, 1.165) is 5.56 Å². The first-order chi connectivity index (χ1) is 16.5. The lowest BCUT2D eigenvalue weighted by Gasteiger charge is -2.11. The van der Waals surface area contributed by atoms with Crippen LogP contribution in [0.2, 0.25) is 0 Å². The van der Waals surface area contributed by atoms with Gasteiger partial charge in [0, 0.05) is 6.54 Å². The van der Waals surface area contributed by atoms with Crippen LogP contribution in [0.15, 0.2) is 76.4 Å². The van der Waals surface area contributed by atoms with E-state index >= 15 is 0 Å². The van der Waals surface area contributed by atoms with Crippen molar-refractivity contribution in [2.45, 2.75) is 13.1 Å². The maximum Gasteiger partial charge on any atom is 0.329 e. The highest BCUT2D eigenvalue weighted by molar-refractivity contribution is 6.35. The number of nitrogens with zero attached hydrogens (tertiary/aromatic N) is 1. The number of benzene rings is 2. The summed E-state index contributed by atoms with van der Waals surface area (Å²) in [5, 5.41) is 8.96. The van der Waals surface area contributed by atoms with Gasteiger partial charge in [-0.1, -0.05) is 30.3 Å². The second kappa shape index (κ2) is 12.4. The fraction of sp³-hybridized carbons (Fsp3) is 0.167. The second-order valence-electron chi connectivity index (χ2n) is 6.92. The Balaban J connectivity index is 1.45. The molecule has 3 aromatic rings. The van der Waals surface area contributed by atoms with E-state index in [1.54, 1.807) is 30.3 Å². The van der Waals surface area contributed by atoms with E-state index in [0.29, 0.717) is 29.4 Å². The zero-order chi connectivity index (χ0) is 24.2. The standard InChI is InChI=1S/C24H24N4O6/c1-32-21-12-18(14-27-28-24(31)23(30)26-15-19-8-5-11-33-19)9-10-20(21)34-16-22(29)25-13-17-6-3-2-4-7-17/h2-12,14H,13,15-16H2,1H3,(H,25,29)(H,26,30)(H,28,31)/b27-14-. The van der Waals surface area contributed by atoms with Crippen molar-refractivity contribution in [3.63, 3.8) is 0 Å². The van der Waals surface area contributed by atoms with Gasteiger partial charge in [0.25, 0.3) is 5.91 Å². The number of nitrogens with one attached hydrogen (secondary N) is 3. The van der Waals surface area contributed by atoms with E-state index < -0.39 is 11.8 Å². The minimum absolute atomic E-state index is 0.0892. The number of rotatable bonds is 10. The molecule has 10 heteroatoms. The van der Waals surface area contributed by atoms with Gasteiger partial charge < -0.3 is 24.5 Å². The molecule has 10 nitrogen and oxygen atoms in total. The minimum Gasteiger partial charge on any atom is -0.493 e. The van der Waals surface area contributed by atoms with Gasteiger partial charge in [-0.3, -0.25) is 14.4 Å². The number of amides is 3. The predicted octanol–water partition coefficient (Wildman–Crippen LogP) is 1.75. The molecule has 3 N–H and O–H groups in total. The Kier molecular flexibility index (Phi) is 8.80. The molecule has 0 fully saturated rings. The van der Waals surface area contributed by atoms with Crippen molar-refractivity contribution in [2.75, 3.05) is 13.7 Å². The van der Waals surface area contributed by atoms with Gasteiger partial charge in [0.15, 0.2) is 18.1 Å². The normalized spacial score (nSPS) is 10.5. The van der Waals surface area contributed by atoms with Crippen molar-refractivity contribution in [3.05, 3.63) is 83.8 Å². The molecule has 1 heterocycles. The molecule has 0 bridgehead atoms. The maximum absolute atomic E-state index is 12.1. The van der Waals surface area contributed by atoms with Crippen molar-refractivity contribution in [1.29, 1.82) is 0 Å². The van der Waals surface area contributed by atoms with Crippen molar-refractivity contribution in [3.8, 4) is 11.5 Å². The molecule has 0 spiro atoms. The van der Waals surface area contributed by atoms with Gasteiger partial charge in [-0.25, -0.2) is 5.43 Å². The van der Waals surface area contributed by atoms with Crippen molar-refractivity contribution in [1.82, 2.24) is 16.1 Å². The van der Waals surface area contributed by atoms with Crippen LogP contribution in [0.25, 0.3) is 0 Å². The first-order valence-electron chi connectivity index (χ1n) is 10.3. The molecule has 0 saturated carbocycles. The van der Waals surface area contributed by atoms with Crippen LogP contribution in [0, 0.1) is 0 Å². The molecule has 0 radical (unpaired) electrons. The predicted molar refractivity (Wildman–Crippen MR) is 123 cm³/mol. The molecule has 3 rings (SSSR count). The largest absolute Gasteiger partial charge is 0.493 e. The summed E-state index contributed by atoms with van der Waals surface area (Å²) in [5.41, 5.74) is 3.71. The number of methoxy groups -OCH3 is 1. The van der Waals surface area contributed by atoms with Gasteiger partial charge in [-0.2, -0.15) is 5.10 Å². The lowest BCUT2D eigenvalue weighted by molar-refractivity contribution is -0.139. The Morgan fingerprint density at radius 3 is 2.50 bits per heavy atom. The number of hydrogen-bond acceptors (Lipinski definition) is 7. The highest BCUT2D eigenvalue weighted by Gasteiger charge is 2.13. The number of carbonyl (C=O) groups excluding carboxylic acids is 3. The van der Waals surface area contributed by atoms with Crippen LogP contribution in [0.3, 0.4) is 0 Å². The zero-order valence-electron chi connectivity index (χ0n) is 18.4. The summed E-state index contributed by atoms with van der Waals surface area (Å²) >= 11 is 0. The van der Waals surface area contributed by atoms with Gasteiger partial charge in [-0.05, 0) is 41.5 Å². The van der Waals surface area contributed by atoms with E-state index in [-0.39, 0.29) is 19.1 Å². The monoisotopic (exact) mass is 464 g/mol. The fourth-order valence-corrected chi connectivity index (χ4v) is 2.75. The summed E-state index contributed by atoms with van der Waals surface area (Å²) in [6.45, 7) is 0.313. The second-order valence-corrected chi connectivity index (χ2v) is 6.92. The highest BCUT2D eigenvalue weighted by Crippen LogP contribution is 2.27. The van der Waals surface area contributed by atoms with Crippen LogP contribution in [-0.4, -0.2) is 37.7 Å². The van der Waals surface area contributed by atoms with Crippen molar-refractivity contribution < 1.29 is 28.3 Å².